The lowest BCUT2D eigenvalue weighted by Crippen LogP contribution is -2.43. The number of fused-ring (bicyclic) bond motifs is 3. The fourth-order valence-electron chi connectivity index (χ4n) is 7.62. The summed E-state index contributed by atoms with van der Waals surface area (Å²) >= 11 is 0. The Morgan fingerprint density at radius 2 is 1.94 bits per heavy atom. The third-order valence-corrected chi connectivity index (χ3v) is 10.6. The molecule has 0 spiro atoms. The molecule has 1 amide bonds. The number of hydrogen-bond donors (Lipinski definition) is 1. The van der Waals surface area contributed by atoms with E-state index in [1.807, 2.05) is 11.9 Å². The minimum Gasteiger partial charge on any atom is -0.461 e. The highest BCUT2D eigenvalue weighted by molar-refractivity contribution is 6.00. The predicted molar refractivity (Wildman–Crippen MR) is 187 cm³/mol. The van der Waals surface area contributed by atoms with Gasteiger partial charge in [-0.3, -0.25) is 14.7 Å². The van der Waals surface area contributed by atoms with Crippen molar-refractivity contribution in [2.24, 2.45) is 0 Å². The Morgan fingerprint density at radius 3 is 2.69 bits per heavy atom. The van der Waals surface area contributed by atoms with E-state index in [-0.39, 0.29) is 43.0 Å². The van der Waals surface area contributed by atoms with E-state index in [0.29, 0.717) is 65.6 Å². The van der Waals surface area contributed by atoms with E-state index in [0.717, 1.165) is 19.4 Å². The van der Waals surface area contributed by atoms with Crippen LogP contribution in [0.25, 0.3) is 32.9 Å². The number of halogens is 3. The molecule has 4 aromatic rings. The van der Waals surface area contributed by atoms with Crippen molar-refractivity contribution >= 4 is 33.4 Å². The van der Waals surface area contributed by atoms with Crippen molar-refractivity contribution in [1.29, 1.82) is 0 Å². The number of aryl methyl sites for hydroxylation is 1. The molecule has 0 radical (unpaired) electrons. The Bertz CT molecular complexity index is 1910. The predicted octanol–water partition coefficient (Wildman–Crippen LogP) is 5.84. The Kier molecular flexibility index (Phi) is 9.19. The van der Waals surface area contributed by atoms with Crippen molar-refractivity contribution in [3.8, 4) is 17.3 Å². The number of nitrogens with zero attached hydrogens (tertiary/aromatic N) is 6. The molecule has 9 nitrogen and oxygen atoms in total. The van der Waals surface area contributed by atoms with Crippen LogP contribution in [0.1, 0.15) is 39.1 Å². The van der Waals surface area contributed by atoms with Gasteiger partial charge in [-0.25, -0.2) is 13.2 Å². The van der Waals surface area contributed by atoms with E-state index in [1.54, 1.807) is 42.3 Å². The lowest BCUT2D eigenvalue weighted by atomic mass is 9.95. The molecule has 4 fully saturated rings. The number of carbonyl (C=O) groups excluding carboxylic acids is 1. The molecular weight excluding hydrogens is 631 g/mol. The maximum absolute atomic E-state index is 16.7. The number of pyridine rings is 1. The van der Waals surface area contributed by atoms with Gasteiger partial charge in [0.05, 0.1) is 10.9 Å². The molecule has 1 N–H and O–H groups in total. The molecule has 0 saturated carbocycles. The van der Waals surface area contributed by atoms with E-state index in [9.17, 15) is 13.6 Å². The first-order valence-electron chi connectivity index (χ1n) is 17.1. The summed E-state index contributed by atoms with van der Waals surface area (Å²) < 4.78 is 51.7. The van der Waals surface area contributed by atoms with Gasteiger partial charge in [0.1, 0.15) is 35.6 Å². The zero-order valence-electron chi connectivity index (χ0n) is 28.0. The largest absolute Gasteiger partial charge is 0.461 e. The van der Waals surface area contributed by atoms with Crippen LogP contribution in [0.5, 0.6) is 6.01 Å². The van der Waals surface area contributed by atoms with E-state index in [1.165, 1.54) is 31.7 Å². The third kappa shape index (κ3) is 6.20. The fourth-order valence-corrected chi connectivity index (χ4v) is 7.62. The fraction of sp³-hybridized carbons (Fsp3) is 0.459. The number of likely N-dealkylation sites (tertiary alicyclic amines) is 1. The molecule has 0 unspecified atom stereocenters. The molecule has 4 saturated heterocycles. The van der Waals surface area contributed by atoms with Crippen molar-refractivity contribution < 1.29 is 24.1 Å². The number of amides is 1. The molecule has 260 valence electrons. The van der Waals surface area contributed by atoms with Crippen LogP contribution in [0.4, 0.5) is 19.0 Å². The molecule has 12 heteroatoms. The smallest absolute Gasteiger partial charge is 0.319 e. The molecule has 6 heterocycles. The van der Waals surface area contributed by atoms with Gasteiger partial charge in [-0.15, -0.1) is 0 Å². The Hall–Kier alpha value is -4.29. The van der Waals surface area contributed by atoms with Crippen molar-refractivity contribution in [3.63, 3.8) is 0 Å². The molecule has 0 bridgehead atoms. The summed E-state index contributed by atoms with van der Waals surface area (Å²) in [5.74, 6) is -0.704. The number of anilines is 1. The Balaban J connectivity index is 0.000000808. The van der Waals surface area contributed by atoms with Gasteiger partial charge in [-0.1, -0.05) is 30.8 Å². The molecule has 2 aromatic carbocycles. The van der Waals surface area contributed by atoms with Crippen LogP contribution in [0.3, 0.4) is 0 Å². The molecule has 3 atom stereocenters. The van der Waals surface area contributed by atoms with Gasteiger partial charge in [-0.2, -0.15) is 9.97 Å². The average molecular weight is 676 g/mol. The third-order valence-electron chi connectivity index (χ3n) is 10.6. The van der Waals surface area contributed by atoms with Gasteiger partial charge in [0.25, 0.3) is 0 Å². The number of carbonyl (C=O) groups is 1. The normalized spacial score (nSPS) is 23.2. The van der Waals surface area contributed by atoms with E-state index >= 15 is 4.39 Å². The number of hydrogen-bond acceptors (Lipinski definition) is 8. The quantitative estimate of drug-likeness (QED) is 0.245. The van der Waals surface area contributed by atoms with E-state index < -0.39 is 17.5 Å². The minimum atomic E-state index is -0.916. The molecule has 2 aromatic heterocycles. The van der Waals surface area contributed by atoms with Gasteiger partial charge in [-0.05, 0) is 80.7 Å². The first-order chi connectivity index (χ1) is 23.7. The van der Waals surface area contributed by atoms with Crippen LogP contribution in [-0.2, 0) is 4.79 Å². The molecule has 49 heavy (non-hydrogen) atoms. The number of likely N-dealkylation sites (N-methyl/N-ethyl adjacent to an activating group) is 1. The zero-order valence-corrected chi connectivity index (χ0v) is 28.0. The molecule has 4 aliphatic rings. The van der Waals surface area contributed by atoms with Gasteiger partial charge >= 0.3 is 6.01 Å². The number of nitrogens with one attached hydrogen (secondary N) is 1. The number of aromatic nitrogens is 3. The lowest BCUT2D eigenvalue weighted by molar-refractivity contribution is -0.125. The van der Waals surface area contributed by atoms with Crippen molar-refractivity contribution in [2.75, 3.05) is 57.8 Å². The van der Waals surface area contributed by atoms with Crippen LogP contribution in [0.2, 0.25) is 0 Å². The highest BCUT2D eigenvalue weighted by Gasteiger charge is 2.49. The monoisotopic (exact) mass is 675 g/mol. The summed E-state index contributed by atoms with van der Waals surface area (Å²) in [7, 11) is 1.86. The summed E-state index contributed by atoms with van der Waals surface area (Å²) in [5, 5.41) is 4.85. The second-order valence-electron chi connectivity index (χ2n) is 13.6. The number of rotatable bonds is 7. The summed E-state index contributed by atoms with van der Waals surface area (Å²) in [4.78, 5) is 31.9. The second kappa shape index (κ2) is 13.5. The van der Waals surface area contributed by atoms with E-state index in [2.05, 4.69) is 26.8 Å². The van der Waals surface area contributed by atoms with Gasteiger partial charge < -0.3 is 19.9 Å². The van der Waals surface area contributed by atoms with Gasteiger partial charge in [0.15, 0.2) is 5.82 Å². The number of alkyl halides is 1. The van der Waals surface area contributed by atoms with Crippen molar-refractivity contribution in [1.82, 2.24) is 30.1 Å². The van der Waals surface area contributed by atoms with Crippen LogP contribution < -0.4 is 15.0 Å². The second-order valence-corrected chi connectivity index (χ2v) is 13.6. The first kappa shape index (κ1) is 33.2. The van der Waals surface area contributed by atoms with Gasteiger partial charge in [0, 0.05) is 52.3 Å². The summed E-state index contributed by atoms with van der Waals surface area (Å²) in [6, 6.07) is 8.23. The Labute approximate surface area is 285 Å². The van der Waals surface area contributed by atoms with Gasteiger partial charge in [0.2, 0.25) is 5.91 Å². The topological polar surface area (TPSA) is 86.7 Å². The molecule has 0 aliphatic carbocycles. The highest BCUT2D eigenvalue weighted by atomic mass is 19.1. The minimum absolute atomic E-state index is 0. The van der Waals surface area contributed by atoms with Crippen molar-refractivity contribution in [2.45, 2.75) is 56.8 Å². The standard InChI is InChI=1S/C34H35F3N6O2.C3H7N.H2/c1-4-28(44)42-14-11-22(18-42)41(3)32-26-16-38-30(25-8-5-7-23-20(2)27(36)10-9-24(23)25)29(37)31(26)39-33(40-32)45-19-34-12-6-13-43(34)17-21(35)15-34;1-2-4-3-1;/h4-5,7-10,16,21-22H,1,6,11-15,17-19H2,2-3H3;4H,1-3H2;1H/t21-,22-,34+;;/m1../s1. The lowest BCUT2D eigenvalue weighted by Gasteiger charge is -2.31. The molecular formula is C37H44F3N7O2. The van der Waals surface area contributed by atoms with Crippen LogP contribution in [0, 0.1) is 18.6 Å². The number of ether oxygens (including phenoxy) is 1. The van der Waals surface area contributed by atoms with Crippen LogP contribution >= 0.6 is 0 Å². The summed E-state index contributed by atoms with van der Waals surface area (Å²) in [6.07, 6.45) is 6.17. The molecule has 8 rings (SSSR count). The van der Waals surface area contributed by atoms with Crippen LogP contribution in [-0.4, -0.2) is 101 Å². The SMILES string of the molecule is C1CNC1.C=CC(=O)N1CC[C@@H](N(C)c2nc(OC[C@@]34CCCN3C[C@H](F)C4)nc3c(F)c(-c4cccc5c(C)c(F)ccc45)ncc23)C1.[HH]. The maximum Gasteiger partial charge on any atom is 0.319 e. The zero-order chi connectivity index (χ0) is 34.3. The first-order valence-corrected chi connectivity index (χ1v) is 17.1. The summed E-state index contributed by atoms with van der Waals surface area (Å²) in [5.41, 5.74) is 0.674. The van der Waals surface area contributed by atoms with Crippen LogP contribution in [0.15, 0.2) is 49.2 Å². The van der Waals surface area contributed by atoms with Crippen molar-refractivity contribution in [3.05, 3.63) is 66.4 Å². The number of benzene rings is 2. The van der Waals surface area contributed by atoms with E-state index in [4.69, 9.17) is 9.72 Å². The summed E-state index contributed by atoms with van der Waals surface area (Å²) in [6.45, 7) is 10.2. The average Bonchev–Trinajstić information content (AvgIpc) is 3.79. The molecule has 4 aliphatic heterocycles. The Morgan fingerprint density at radius 1 is 1.14 bits per heavy atom. The maximum atomic E-state index is 16.7. The highest BCUT2D eigenvalue weighted by Crippen LogP contribution is 2.41.